The first-order valence-electron chi connectivity index (χ1n) is 9.23. The number of benzene rings is 2. The minimum Gasteiger partial charge on any atom is -0.497 e. The van der Waals surface area contributed by atoms with Crippen molar-refractivity contribution < 1.29 is 18.9 Å². The lowest BCUT2D eigenvalue weighted by Crippen LogP contribution is -2.14. The molecule has 8 heteroatoms. The second-order valence-electron chi connectivity index (χ2n) is 6.36. The minimum absolute atomic E-state index is 0.248. The van der Waals surface area contributed by atoms with E-state index < -0.39 is 0 Å². The van der Waals surface area contributed by atoms with Crippen LogP contribution in [0.25, 0.3) is 0 Å². The van der Waals surface area contributed by atoms with Crippen LogP contribution in [0, 0.1) is 6.92 Å². The van der Waals surface area contributed by atoms with Crippen LogP contribution in [-0.4, -0.2) is 37.0 Å². The van der Waals surface area contributed by atoms with Crippen LogP contribution >= 0.6 is 0 Å². The van der Waals surface area contributed by atoms with Gasteiger partial charge in [-0.1, -0.05) is 0 Å². The Hall–Kier alpha value is -3.68. The Morgan fingerprint density at radius 1 is 0.966 bits per heavy atom. The van der Waals surface area contributed by atoms with Gasteiger partial charge in [-0.3, -0.25) is 0 Å². The van der Waals surface area contributed by atoms with E-state index in [0.717, 1.165) is 34.4 Å². The number of ether oxygens (including phenoxy) is 4. The number of nitrogens with zero attached hydrogens (tertiary/aromatic N) is 2. The number of hydrogen-bond donors (Lipinski definition) is 2. The number of rotatable bonds is 8. The van der Waals surface area contributed by atoms with Gasteiger partial charge in [0.25, 0.3) is 0 Å². The highest BCUT2D eigenvalue weighted by Gasteiger charge is 2.13. The van der Waals surface area contributed by atoms with Crippen LogP contribution in [0.15, 0.2) is 48.5 Å². The zero-order chi connectivity index (χ0) is 20.1. The van der Waals surface area contributed by atoms with Crippen molar-refractivity contribution in [2.45, 2.75) is 6.92 Å². The van der Waals surface area contributed by atoms with Gasteiger partial charge in [0.15, 0.2) is 11.5 Å². The summed E-state index contributed by atoms with van der Waals surface area (Å²) in [5, 5.41) is 6.46. The first-order chi connectivity index (χ1) is 14.2. The predicted octanol–water partition coefficient (Wildman–Crippen LogP) is 3.76. The fourth-order valence-corrected chi connectivity index (χ4v) is 2.84. The molecule has 150 valence electrons. The molecule has 0 unspecified atom stereocenters. The van der Waals surface area contributed by atoms with Crippen molar-refractivity contribution >= 4 is 17.5 Å². The Balaban J connectivity index is 1.33. The van der Waals surface area contributed by atoms with Crippen molar-refractivity contribution in [3.05, 3.63) is 54.2 Å². The molecule has 0 radical (unpaired) electrons. The zero-order valence-electron chi connectivity index (χ0n) is 16.3. The first-order valence-corrected chi connectivity index (χ1v) is 9.23. The molecule has 2 heterocycles. The van der Waals surface area contributed by atoms with Gasteiger partial charge in [-0.15, -0.1) is 0 Å². The molecule has 1 aliphatic heterocycles. The average Bonchev–Trinajstić information content (AvgIpc) is 3.19. The van der Waals surface area contributed by atoms with Crippen molar-refractivity contribution in [3.63, 3.8) is 0 Å². The van der Waals surface area contributed by atoms with E-state index >= 15 is 0 Å². The van der Waals surface area contributed by atoms with Gasteiger partial charge in [-0.2, -0.15) is 4.98 Å². The number of aromatic nitrogens is 2. The van der Waals surface area contributed by atoms with E-state index in [1.807, 2.05) is 55.5 Å². The van der Waals surface area contributed by atoms with Crippen LogP contribution in [0.5, 0.6) is 23.0 Å². The summed E-state index contributed by atoms with van der Waals surface area (Å²) in [6.07, 6.45) is 0. The SMILES string of the molecule is COc1ccc(OCCNc2nc(C)cc(Nc3ccc4c(c3)OCO4)n2)cc1. The maximum Gasteiger partial charge on any atom is 0.231 e. The minimum atomic E-state index is 0.248. The van der Waals surface area contributed by atoms with Crippen LogP contribution < -0.4 is 29.6 Å². The normalized spacial score (nSPS) is 11.8. The Bertz CT molecular complexity index is 979. The first kappa shape index (κ1) is 18.7. The molecule has 2 N–H and O–H groups in total. The van der Waals surface area contributed by atoms with Crippen molar-refractivity contribution in [3.8, 4) is 23.0 Å². The Morgan fingerprint density at radius 3 is 2.59 bits per heavy atom. The van der Waals surface area contributed by atoms with Gasteiger partial charge in [-0.25, -0.2) is 4.98 Å². The molecule has 0 atom stereocenters. The van der Waals surface area contributed by atoms with Gasteiger partial charge in [-0.05, 0) is 43.3 Å². The Kier molecular flexibility index (Phi) is 5.51. The van der Waals surface area contributed by atoms with E-state index in [1.165, 1.54) is 0 Å². The molecule has 8 nitrogen and oxygen atoms in total. The van der Waals surface area contributed by atoms with Gasteiger partial charge in [0.1, 0.15) is 23.9 Å². The fraction of sp³-hybridized carbons (Fsp3) is 0.238. The standard InChI is InChI=1S/C21H22N4O4/c1-14-11-20(24-15-3-8-18-19(12-15)29-13-28-18)25-21(23-14)22-9-10-27-17-6-4-16(26-2)5-7-17/h3-8,11-12H,9-10,13H2,1-2H3,(H2,22,23,24,25). The molecule has 1 aromatic heterocycles. The lowest BCUT2D eigenvalue weighted by molar-refractivity contribution is 0.174. The molecule has 0 amide bonds. The maximum atomic E-state index is 5.71. The zero-order valence-corrected chi connectivity index (χ0v) is 16.3. The molecule has 4 rings (SSSR count). The highest BCUT2D eigenvalue weighted by atomic mass is 16.7. The van der Waals surface area contributed by atoms with E-state index in [9.17, 15) is 0 Å². The topological polar surface area (TPSA) is 86.8 Å². The molecule has 1 aliphatic rings. The van der Waals surface area contributed by atoms with Crippen molar-refractivity contribution in [1.29, 1.82) is 0 Å². The van der Waals surface area contributed by atoms with E-state index in [0.29, 0.717) is 24.9 Å². The monoisotopic (exact) mass is 394 g/mol. The number of aryl methyl sites for hydroxylation is 1. The van der Waals surface area contributed by atoms with Crippen LogP contribution in [0.4, 0.5) is 17.5 Å². The summed E-state index contributed by atoms with van der Waals surface area (Å²) < 4.78 is 21.6. The maximum absolute atomic E-state index is 5.71. The third-order valence-corrected chi connectivity index (χ3v) is 4.21. The van der Waals surface area contributed by atoms with Crippen LogP contribution in [0.2, 0.25) is 0 Å². The van der Waals surface area contributed by atoms with Crippen molar-refractivity contribution in [2.24, 2.45) is 0 Å². The molecular weight excluding hydrogens is 372 g/mol. The van der Waals surface area contributed by atoms with Crippen molar-refractivity contribution in [1.82, 2.24) is 9.97 Å². The van der Waals surface area contributed by atoms with E-state index in [-0.39, 0.29) is 6.79 Å². The summed E-state index contributed by atoms with van der Waals surface area (Å²) in [4.78, 5) is 8.93. The fourth-order valence-electron chi connectivity index (χ4n) is 2.84. The van der Waals surface area contributed by atoms with Gasteiger partial charge in [0.05, 0.1) is 13.7 Å². The number of methoxy groups -OCH3 is 1. The van der Waals surface area contributed by atoms with Gasteiger partial charge in [0, 0.05) is 23.5 Å². The third-order valence-electron chi connectivity index (χ3n) is 4.21. The molecule has 0 saturated heterocycles. The number of nitrogens with one attached hydrogen (secondary N) is 2. The van der Waals surface area contributed by atoms with E-state index in [4.69, 9.17) is 18.9 Å². The summed E-state index contributed by atoms with van der Waals surface area (Å²) in [5.74, 6) is 4.26. The van der Waals surface area contributed by atoms with Crippen LogP contribution in [0.3, 0.4) is 0 Å². The summed E-state index contributed by atoms with van der Waals surface area (Å²) in [6, 6.07) is 15.0. The van der Waals surface area contributed by atoms with E-state index in [1.54, 1.807) is 7.11 Å². The molecule has 0 saturated carbocycles. The predicted molar refractivity (Wildman–Crippen MR) is 110 cm³/mol. The van der Waals surface area contributed by atoms with Crippen LogP contribution in [-0.2, 0) is 0 Å². The summed E-state index contributed by atoms with van der Waals surface area (Å²) in [6.45, 7) is 3.22. The lowest BCUT2D eigenvalue weighted by Gasteiger charge is -2.11. The Labute approximate surface area is 168 Å². The molecule has 3 aromatic rings. The molecule has 29 heavy (non-hydrogen) atoms. The summed E-state index contributed by atoms with van der Waals surface area (Å²) in [5.41, 5.74) is 1.71. The highest BCUT2D eigenvalue weighted by molar-refractivity contribution is 5.62. The smallest absolute Gasteiger partial charge is 0.231 e. The number of anilines is 3. The number of fused-ring (bicyclic) bond motifs is 1. The summed E-state index contributed by atoms with van der Waals surface area (Å²) >= 11 is 0. The molecule has 0 aliphatic carbocycles. The second-order valence-corrected chi connectivity index (χ2v) is 6.36. The third kappa shape index (κ3) is 4.78. The Morgan fingerprint density at radius 2 is 1.76 bits per heavy atom. The van der Waals surface area contributed by atoms with Crippen molar-refractivity contribution in [2.75, 3.05) is 37.7 Å². The molecule has 0 spiro atoms. The largest absolute Gasteiger partial charge is 0.497 e. The van der Waals surface area contributed by atoms with Gasteiger partial charge < -0.3 is 29.6 Å². The highest BCUT2D eigenvalue weighted by Crippen LogP contribution is 2.35. The quantitative estimate of drug-likeness (QED) is 0.559. The van der Waals surface area contributed by atoms with E-state index in [2.05, 4.69) is 20.6 Å². The van der Waals surface area contributed by atoms with Gasteiger partial charge >= 0.3 is 0 Å². The second kappa shape index (κ2) is 8.55. The van der Waals surface area contributed by atoms with Gasteiger partial charge in [0.2, 0.25) is 12.7 Å². The number of hydrogen-bond acceptors (Lipinski definition) is 8. The molecular formula is C21H22N4O4. The molecule has 2 aromatic carbocycles. The average molecular weight is 394 g/mol. The molecule has 0 fully saturated rings. The van der Waals surface area contributed by atoms with Crippen LogP contribution in [0.1, 0.15) is 5.69 Å². The summed E-state index contributed by atoms with van der Waals surface area (Å²) in [7, 11) is 1.64. The lowest BCUT2D eigenvalue weighted by atomic mass is 10.2. The molecule has 0 bridgehead atoms.